The zero-order valence-electron chi connectivity index (χ0n) is 10.2. The third-order valence-corrected chi connectivity index (χ3v) is 4.02. The molecule has 1 aliphatic carbocycles. The van der Waals surface area contributed by atoms with Gasteiger partial charge in [-0.1, -0.05) is 11.6 Å². The van der Waals surface area contributed by atoms with E-state index in [1.54, 1.807) is 12.1 Å². The van der Waals surface area contributed by atoms with E-state index in [-0.39, 0.29) is 28.8 Å². The van der Waals surface area contributed by atoms with Gasteiger partial charge < -0.3 is 9.47 Å². The van der Waals surface area contributed by atoms with Crippen molar-refractivity contribution in [2.75, 3.05) is 0 Å². The van der Waals surface area contributed by atoms with Crippen molar-refractivity contribution < 1.29 is 19.1 Å². The highest BCUT2D eigenvalue weighted by Crippen LogP contribution is 2.35. The summed E-state index contributed by atoms with van der Waals surface area (Å²) in [4.78, 5) is 24.0. The molecule has 4 heterocycles. The van der Waals surface area contributed by atoms with Crippen LogP contribution in [0.25, 0.3) is 0 Å². The van der Waals surface area contributed by atoms with E-state index in [9.17, 15) is 9.59 Å². The van der Waals surface area contributed by atoms with E-state index >= 15 is 0 Å². The molecule has 4 bridgehead atoms. The van der Waals surface area contributed by atoms with Gasteiger partial charge in [0.05, 0.1) is 16.9 Å². The van der Waals surface area contributed by atoms with Gasteiger partial charge in [0.1, 0.15) is 11.5 Å². The van der Waals surface area contributed by atoms with E-state index in [1.165, 1.54) is 6.07 Å². The van der Waals surface area contributed by atoms with Gasteiger partial charge in [-0.2, -0.15) is 0 Å². The molecule has 5 aliphatic rings. The van der Waals surface area contributed by atoms with Crippen LogP contribution in [0.15, 0.2) is 18.2 Å². The van der Waals surface area contributed by atoms with Crippen LogP contribution in [0.2, 0.25) is 5.02 Å². The molecule has 0 aromatic heterocycles. The average molecular weight is 281 g/mol. The maximum atomic E-state index is 12.0. The molecule has 19 heavy (non-hydrogen) atoms. The predicted molar refractivity (Wildman–Crippen MR) is 68.2 cm³/mol. The Labute approximate surface area is 115 Å². The number of carbonyl (C=O) groups excluding carboxylic acids is 2. The zero-order valence-corrected chi connectivity index (χ0v) is 11.0. The van der Waals surface area contributed by atoms with Crippen LogP contribution >= 0.6 is 11.6 Å². The topological polar surface area (TPSA) is 52.6 Å². The van der Waals surface area contributed by atoms with Crippen molar-refractivity contribution in [1.29, 1.82) is 0 Å². The largest absolute Gasteiger partial charge is 0.426 e. The number of carbonyl (C=O) groups is 2. The van der Waals surface area contributed by atoms with E-state index in [4.69, 9.17) is 21.1 Å². The van der Waals surface area contributed by atoms with Crippen LogP contribution < -0.4 is 9.47 Å². The quantitative estimate of drug-likeness (QED) is 0.541. The Hall–Kier alpha value is -1.55. The van der Waals surface area contributed by atoms with Crippen molar-refractivity contribution in [3.8, 4) is 11.5 Å². The van der Waals surface area contributed by atoms with Gasteiger partial charge in [0.15, 0.2) is 0 Å². The van der Waals surface area contributed by atoms with Crippen LogP contribution in [0.1, 0.15) is 25.7 Å². The van der Waals surface area contributed by atoms with Gasteiger partial charge in [0.2, 0.25) is 0 Å². The third-order valence-electron chi connectivity index (χ3n) is 3.73. The van der Waals surface area contributed by atoms with Crippen molar-refractivity contribution in [3.63, 3.8) is 0 Å². The summed E-state index contributed by atoms with van der Waals surface area (Å²) < 4.78 is 10.6. The summed E-state index contributed by atoms with van der Waals surface area (Å²) in [5.41, 5.74) is 0. The Morgan fingerprint density at radius 1 is 0.947 bits per heavy atom. The molecule has 0 atom stereocenters. The van der Waals surface area contributed by atoms with E-state index in [2.05, 4.69) is 0 Å². The Morgan fingerprint density at radius 2 is 1.53 bits per heavy atom. The molecule has 0 spiro atoms. The maximum Gasteiger partial charge on any atom is 0.314 e. The molecule has 0 saturated heterocycles. The SMILES string of the molecule is O=C1Oc2ccc(c(Cl)c2)OC(=O)C2CCC1CC2. The number of benzene rings is 1. The number of esters is 2. The molecule has 1 saturated carbocycles. The van der Waals surface area contributed by atoms with Crippen LogP contribution in [-0.2, 0) is 9.59 Å². The lowest BCUT2D eigenvalue weighted by atomic mass is 9.82. The van der Waals surface area contributed by atoms with Gasteiger partial charge in [0.25, 0.3) is 0 Å². The van der Waals surface area contributed by atoms with Gasteiger partial charge in [0, 0.05) is 6.07 Å². The molecular formula is C14H13ClO4. The van der Waals surface area contributed by atoms with Crippen LogP contribution in [0, 0.1) is 11.8 Å². The summed E-state index contributed by atoms with van der Waals surface area (Å²) in [6.45, 7) is 0. The molecule has 0 amide bonds. The lowest BCUT2D eigenvalue weighted by Crippen LogP contribution is -2.31. The summed E-state index contributed by atoms with van der Waals surface area (Å²) >= 11 is 6.01. The number of ether oxygens (including phenoxy) is 2. The highest BCUT2D eigenvalue weighted by molar-refractivity contribution is 6.32. The maximum absolute atomic E-state index is 12.0. The van der Waals surface area contributed by atoms with Gasteiger partial charge in [-0.15, -0.1) is 0 Å². The van der Waals surface area contributed by atoms with Crippen molar-refractivity contribution in [2.45, 2.75) is 25.7 Å². The van der Waals surface area contributed by atoms with E-state index < -0.39 is 0 Å². The van der Waals surface area contributed by atoms with Crippen LogP contribution in [-0.4, -0.2) is 11.9 Å². The minimum atomic E-state index is -0.262. The first-order valence-electron chi connectivity index (χ1n) is 6.36. The molecule has 4 nitrogen and oxygen atoms in total. The molecule has 1 aromatic carbocycles. The molecular weight excluding hydrogens is 268 g/mol. The number of hydrogen-bond acceptors (Lipinski definition) is 4. The molecule has 6 rings (SSSR count). The molecule has 0 unspecified atom stereocenters. The number of rotatable bonds is 0. The third kappa shape index (κ3) is 2.45. The van der Waals surface area contributed by atoms with E-state index in [0.29, 0.717) is 37.2 Å². The molecule has 100 valence electrons. The fraction of sp³-hybridized carbons (Fsp3) is 0.429. The van der Waals surface area contributed by atoms with Gasteiger partial charge in [-0.25, -0.2) is 0 Å². The first kappa shape index (κ1) is 12.5. The number of halogens is 1. The van der Waals surface area contributed by atoms with Crippen molar-refractivity contribution in [2.24, 2.45) is 11.8 Å². The molecule has 4 aliphatic heterocycles. The van der Waals surface area contributed by atoms with Crippen molar-refractivity contribution in [3.05, 3.63) is 23.2 Å². The second kappa shape index (κ2) is 4.85. The minimum absolute atomic E-state index is 0.137. The lowest BCUT2D eigenvalue weighted by Gasteiger charge is -2.26. The Morgan fingerprint density at radius 3 is 2.11 bits per heavy atom. The molecule has 0 radical (unpaired) electrons. The van der Waals surface area contributed by atoms with Crippen LogP contribution in [0.5, 0.6) is 11.5 Å². The van der Waals surface area contributed by atoms with Gasteiger partial charge >= 0.3 is 11.9 Å². The fourth-order valence-electron chi connectivity index (χ4n) is 2.58. The average Bonchev–Trinajstić information content (AvgIpc) is 2.40. The lowest BCUT2D eigenvalue weighted by molar-refractivity contribution is -0.145. The second-order valence-corrected chi connectivity index (χ2v) is 5.39. The first-order valence-corrected chi connectivity index (χ1v) is 6.74. The zero-order chi connectivity index (χ0) is 13.4. The monoisotopic (exact) mass is 280 g/mol. The molecule has 1 aromatic rings. The molecule has 5 heteroatoms. The smallest absolute Gasteiger partial charge is 0.314 e. The highest BCUT2D eigenvalue weighted by Gasteiger charge is 2.33. The van der Waals surface area contributed by atoms with Crippen LogP contribution in [0.3, 0.4) is 0 Å². The fourth-order valence-corrected chi connectivity index (χ4v) is 2.79. The summed E-state index contributed by atoms with van der Waals surface area (Å²) in [6.07, 6.45) is 2.66. The molecule has 1 fully saturated rings. The van der Waals surface area contributed by atoms with Crippen molar-refractivity contribution in [1.82, 2.24) is 0 Å². The summed E-state index contributed by atoms with van der Waals surface area (Å²) in [6, 6.07) is 4.64. The Balaban J connectivity index is 1.99. The standard InChI is InChI=1S/C14H13ClO4/c15-11-7-10-5-6-12(11)19-14(17)9-3-1-8(2-4-9)13(16)18-10/h5-9H,1-4H2. The highest BCUT2D eigenvalue weighted by atomic mass is 35.5. The second-order valence-electron chi connectivity index (χ2n) is 4.98. The number of hydrogen-bond donors (Lipinski definition) is 0. The van der Waals surface area contributed by atoms with Crippen LogP contribution in [0.4, 0.5) is 0 Å². The summed E-state index contributed by atoms with van der Waals surface area (Å²) in [7, 11) is 0. The summed E-state index contributed by atoms with van der Waals surface area (Å²) in [5, 5.41) is 0.273. The predicted octanol–water partition coefficient (Wildman–Crippen LogP) is 2.97. The normalized spacial score (nSPS) is 26.4. The minimum Gasteiger partial charge on any atom is -0.426 e. The van der Waals surface area contributed by atoms with E-state index in [1.807, 2.05) is 0 Å². The van der Waals surface area contributed by atoms with Gasteiger partial charge in [-0.05, 0) is 37.8 Å². The first-order chi connectivity index (χ1) is 9.13. The Kier molecular flexibility index (Phi) is 3.19. The van der Waals surface area contributed by atoms with Gasteiger partial charge in [-0.3, -0.25) is 9.59 Å². The van der Waals surface area contributed by atoms with E-state index in [0.717, 1.165) is 0 Å². The Bertz CT molecular complexity index is 532. The van der Waals surface area contributed by atoms with Crippen molar-refractivity contribution >= 4 is 23.5 Å². The summed E-state index contributed by atoms with van der Waals surface area (Å²) in [5.74, 6) is -0.0916. The molecule has 0 N–H and O–H groups in total.